The number of hydrazine groups is 1. The molecule has 0 saturated carbocycles. The average Bonchev–Trinajstić information content (AvgIpc) is 2.67. The topological polar surface area (TPSA) is 93.7 Å². The second kappa shape index (κ2) is 7.35. The van der Waals surface area contributed by atoms with Crippen molar-refractivity contribution in [3.05, 3.63) is 48.4 Å². The maximum absolute atomic E-state index is 12.0. The Hall–Kier alpha value is -2.87. The highest BCUT2D eigenvalue weighted by Gasteiger charge is 2.48. The van der Waals surface area contributed by atoms with Gasteiger partial charge in [0.05, 0.1) is 13.3 Å². The van der Waals surface area contributed by atoms with Gasteiger partial charge < -0.3 is 9.47 Å². The lowest BCUT2D eigenvalue weighted by atomic mass is 9.95. The maximum atomic E-state index is 12.0. The average molecular weight is 363 g/mol. The highest BCUT2D eigenvalue weighted by atomic mass is 35.5. The lowest BCUT2D eigenvalue weighted by Gasteiger charge is -2.43. The predicted molar refractivity (Wildman–Crippen MR) is 87.9 cm³/mol. The number of alkyl halides is 1. The quantitative estimate of drug-likeness (QED) is 0.610. The summed E-state index contributed by atoms with van der Waals surface area (Å²) in [5.74, 6) is 0.0272. The van der Waals surface area contributed by atoms with Crippen LogP contribution in [0.4, 0.5) is 0 Å². The minimum Gasteiger partial charge on any atom is -0.497 e. The normalized spacial score (nSPS) is 19.1. The zero-order valence-corrected chi connectivity index (χ0v) is 14.0. The van der Waals surface area contributed by atoms with Gasteiger partial charge in [-0.3, -0.25) is 20.0 Å². The van der Waals surface area contributed by atoms with Crippen molar-refractivity contribution in [2.75, 3.05) is 13.7 Å². The van der Waals surface area contributed by atoms with Gasteiger partial charge in [0.25, 0.3) is 11.8 Å². The fraction of sp³-hybridized carbons (Fsp3) is 0.250. The molecule has 2 atom stereocenters. The van der Waals surface area contributed by atoms with Gasteiger partial charge in [0.2, 0.25) is 5.88 Å². The molecule has 2 unspecified atom stereocenters. The number of hydrogen-bond donors (Lipinski definition) is 1. The molecule has 0 spiro atoms. The number of hydrogen-bond acceptors (Lipinski definition) is 6. The Bertz CT molecular complexity index is 756. The second-order valence-corrected chi connectivity index (χ2v) is 5.67. The van der Waals surface area contributed by atoms with E-state index in [0.717, 1.165) is 5.56 Å². The number of halogens is 1. The standard InChI is InChI=1S/C16H15ClN4O4/c1-24-11-4-2-10(3-5-11)15-14(17)16(23)21(15)20-12(22)9-25-13-8-18-6-7-19-13/h2-8,14-15H,9H2,1H3,(H,20,22). The van der Waals surface area contributed by atoms with E-state index in [1.807, 2.05) is 0 Å². The summed E-state index contributed by atoms with van der Waals surface area (Å²) in [5.41, 5.74) is 3.29. The number of carbonyl (C=O) groups excluding carboxylic acids is 2. The number of aromatic nitrogens is 2. The van der Waals surface area contributed by atoms with Crippen LogP contribution >= 0.6 is 11.6 Å². The van der Waals surface area contributed by atoms with Crippen LogP contribution in [0.5, 0.6) is 11.6 Å². The summed E-state index contributed by atoms with van der Waals surface area (Å²) in [5, 5.41) is 0.455. The van der Waals surface area contributed by atoms with Gasteiger partial charge in [-0.25, -0.2) is 9.99 Å². The van der Waals surface area contributed by atoms with Crippen molar-refractivity contribution in [1.29, 1.82) is 0 Å². The molecule has 0 radical (unpaired) electrons. The van der Waals surface area contributed by atoms with E-state index >= 15 is 0 Å². The van der Waals surface area contributed by atoms with Gasteiger partial charge in [0, 0.05) is 12.4 Å². The van der Waals surface area contributed by atoms with Crippen molar-refractivity contribution in [2.45, 2.75) is 11.4 Å². The third kappa shape index (κ3) is 3.63. The Morgan fingerprint density at radius 1 is 1.32 bits per heavy atom. The zero-order valence-electron chi connectivity index (χ0n) is 13.3. The molecule has 3 rings (SSSR count). The highest BCUT2D eigenvalue weighted by Crippen LogP contribution is 2.37. The fourth-order valence-corrected chi connectivity index (χ4v) is 2.73. The molecule has 130 valence electrons. The molecule has 2 aromatic rings. The summed E-state index contributed by atoms with van der Waals surface area (Å²) in [6.45, 7) is -0.301. The summed E-state index contributed by atoms with van der Waals surface area (Å²) in [6.07, 6.45) is 4.33. The number of nitrogens with zero attached hydrogens (tertiary/aromatic N) is 3. The van der Waals surface area contributed by atoms with Gasteiger partial charge in [-0.1, -0.05) is 12.1 Å². The van der Waals surface area contributed by atoms with Crippen LogP contribution in [0.2, 0.25) is 0 Å². The molecule has 1 aliphatic rings. The number of nitrogens with one attached hydrogen (secondary N) is 1. The summed E-state index contributed by atoms with van der Waals surface area (Å²) in [6, 6.07) is 6.65. The van der Waals surface area contributed by atoms with Crippen molar-refractivity contribution in [2.24, 2.45) is 0 Å². The molecule has 0 bridgehead atoms. The van der Waals surface area contributed by atoms with Crippen LogP contribution in [-0.4, -0.2) is 45.9 Å². The molecule has 9 heteroatoms. The molecule has 25 heavy (non-hydrogen) atoms. The zero-order chi connectivity index (χ0) is 17.8. The smallest absolute Gasteiger partial charge is 0.276 e. The fourth-order valence-electron chi connectivity index (χ4n) is 2.36. The molecular formula is C16H15ClN4O4. The number of carbonyl (C=O) groups is 2. The number of benzene rings is 1. The van der Waals surface area contributed by atoms with E-state index in [0.29, 0.717) is 5.75 Å². The summed E-state index contributed by atoms with van der Waals surface area (Å²) >= 11 is 6.10. The first-order valence-corrected chi connectivity index (χ1v) is 7.83. The molecule has 1 saturated heterocycles. The first-order chi connectivity index (χ1) is 12.1. The SMILES string of the molecule is COc1ccc(C2C(Cl)C(=O)N2NC(=O)COc2cnccn2)cc1. The summed E-state index contributed by atoms with van der Waals surface area (Å²) < 4.78 is 10.3. The van der Waals surface area contributed by atoms with Crippen LogP contribution in [0.15, 0.2) is 42.9 Å². The summed E-state index contributed by atoms with van der Waals surface area (Å²) in [7, 11) is 1.57. The molecule has 1 aliphatic heterocycles. The number of β-lactam (4-membered cyclic amide) rings is 1. The molecule has 8 nitrogen and oxygen atoms in total. The molecular weight excluding hydrogens is 348 g/mol. The van der Waals surface area contributed by atoms with E-state index in [9.17, 15) is 9.59 Å². The van der Waals surface area contributed by atoms with E-state index in [-0.39, 0.29) is 18.4 Å². The molecule has 1 N–H and O–H groups in total. The van der Waals surface area contributed by atoms with Crippen molar-refractivity contribution in [3.8, 4) is 11.6 Å². The van der Waals surface area contributed by atoms with E-state index in [4.69, 9.17) is 21.1 Å². The maximum Gasteiger partial charge on any atom is 0.276 e. The van der Waals surface area contributed by atoms with Gasteiger partial charge in [-0.05, 0) is 17.7 Å². The Kier molecular flexibility index (Phi) is 4.99. The van der Waals surface area contributed by atoms with Crippen LogP contribution in [-0.2, 0) is 9.59 Å². The van der Waals surface area contributed by atoms with Gasteiger partial charge in [-0.15, -0.1) is 11.6 Å². The molecule has 1 aromatic carbocycles. The lowest BCUT2D eigenvalue weighted by molar-refractivity contribution is -0.157. The van der Waals surface area contributed by atoms with Crippen molar-refractivity contribution in [1.82, 2.24) is 20.4 Å². The largest absolute Gasteiger partial charge is 0.497 e. The van der Waals surface area contributed by atoms with Gasteiger partial charge in [0.15, 0.2) is 6.61 Å². The molecule has 1 aromatic heterocycles. The lowest BCUT2D eigenvalue weighted by Crippen LogP contribution is -2.63. The van der Waals surface area contributed by atoms with Crippen LogP contribution in [0.25, 0.3) is 0 Å². The van der Waals surface area contributed by atoms with E-state index in [2.05, 4.69) is 15.4 Å². The number of amides is 2. The van der Waals surface area contributed by atoms with Crippen molar-refractivity contribution in [3.63, 3.8) is 0 Å². The van der Waals surface area contributed by atoms with Gasteiger partial charge >= 0.3 is 0 Å². The van der Waals surface area contributed by atoms with E-state index in [1.165, 1.54) is 23.6 Å². The third-order valence-electron chi connectivity index (χ3n) is 3.62. The minimum absolute atomic E-state index is 0.217. The Labute approximate surface area is 148 Å². The Morgan fingerprint density at radius 2 is 2.08 bits per heavy atom. The number of ether oxygens (including phenoxy) is 2. The molecule has 2 heterocycles. The number of methoxy groups -OCH3 is 1. The van der Waals surface area contributed by atoms with Crippen molar-refractivity contribution < 1.29 is 19.1 Å². The minimum atomic E-state index is -0.741. The van der Waals surface area contributed by atoms with E-state index in [1.54, 1.807) is 31.4 Å². The van der Waals surface area contributed by atoms with Crippen LogP contribution in [0.1, 0.15) is 11.6 Å². The van der Waals surface area contributed by atoms with Crippen LogP contribution in [0, 0.1) is 0 Å². The Balaban J connectivity index is 1.61. The first kappa shape index (κ1) is 17.0. The van der Waals surface area contributed by atoms with Crippen LogP contribution in [0.3, 0.4) is 0 Å². The van der Waals surface area contributed by atoms with Gasteiger partial charge in [-0.2, -0.15) is 0 Å². The highest BCUT2D eigenvalue weighted by molar-refractivity contribution is 6.33. The van der Waals surface area contributed by atoms with E-state index < -0.39 is 17.3 Å². The third-order valence-corrected chi connectivity index (χ3v) is 4.05. The monoisotopic (exact) mass is 362 g/mol. The predicted octanol–water partition coefficient (Wildman–Crippen LogP) is 1.09. The Morgan fingerprint density at radius 3 is 2.72 bits per heavy atom. The molecule has 1 fully saturated rings. The second-order valence-electron chi connectivity index (χ2n) is 5.20. The first-order valence-electron chi connectivity index (χ1n) is 7.39. The summed E-state index contributed by atoms with van der Waals surface area (Å²) in [4.78, 5) is 31.7. The molecule has 0 aliphatic carbocycles. The van der Waals surface area contributed by atoms with Gasteiger partial charge in [0.1, 0.15) is 17.2 Å². The molecule has 2 amide bonds. The van der Waals surface area contributed by atoms with Crippen LogP contribution < -0.4 is 14.9 Å². The number of rotatable bonds is 6. The van der Waals surface area contributed by atoms with Crippen molar-refractivity contribution >= 4 is 23.4 Å².